The third-order valence-electron chi connectivity index (χ3n) is 12.3. The molecule has 0 amide bonds. The van der Waals surface area contributed by atoms with E-state index in [-0.39, 0.29) is 0 Å². The minimum absolute atomic E-state index is 0.482. The molecule has 0 atom stereocenters. The Morgan fingerprint density at radius 1 is 0.339 bits per heavy atom. The molecule has 0 saturated heterocycles. The van der Waals surface area contributed by atoms with Gasteiger partial charge in [-0.25, -0.2) is 0 Å². The molecule has 0 N–H and O–H groups in total. The van der Waals surface area contributed by atoms with Gasteiger partial charge < -0.3 is 4.42 Å². The van der Waals surface area contributed by atoms with Crippen LogP contribution in [0.3, 0.4) is 0 Å². The fraction of sp³-hybridized carbons (Fsp3) is 0.0182. The molecule has 0 fully saturated rings. The highest BCUT2D eigenvalue weighted by molar-refractivity contribution is 6.15. The summed E-state index contributed by atoms with van der Waals surface area (Å²) in [7, 11) is 0. The topological polar surface area (TPSA) is 13.1 Å². The van der Waals surface area contributed by atoms with Crippen LogP contribution >= 0.6 is 0 Å². The number of benzene rings is 10. The summed E-state index contributed by atoms with van der Waals surface area (Å²) in [5.41, 5.74) is 14.0. The molecule has 1 heterocycles. The molecule has 0 saturated carbocycles. The molecular formula is C55H34O. The lowest BCUT2D eigenvalue weighted by molar-refractivity contribution is 0.673. The van der Waals surface area contributed by atoms with Crippen LogP contribution in [0.25, 0.3) is 87.6 Å². The number of rotatable bonds is 4. The Balaban J connectivity index is 1.04. The predicted octanol–water partition coefficient (Wildman–Crippen LogP) is 14.7. The minimum atomic E-state index is -0.482. The molecule has 0 spiro atoms. The van der Waals surface area contributed by atoms with Crippen LogP contribution in [0.15, 0.2) is 211 Å². The van der Waals surface area contributed by atoms with Crippen molar-refractivity contribution >= 4 is 54.3 Å². The smallest absolute Gasteiger partial charge is 0.143 e. The fourth-order valence-corrected chi connectivity index (χ4v) is 9.83. The van der Waals surface area contributed by atoms with Crippen LogP contribution < -0.4 is 0 Å². The van der Waals surface area contributed by atoms with Crippen LogP contribution in [0, 0.1) is 0 Å². The average molecular weight is 711 g/mol. The van der Waals surface area contributed by atoms with Gasteiger partial charge in [-0.1, -0.05) is 170 Å². The molecule has 0 bridgehead atoms. The Morgan fingerprint density at radius 3 is 1.70 bits per heavy atom. The first-order valence-corrected chi connectivity index (χ1v) is 19.4. The zero-order valence-electron chi connectivity index (χ0n) is 30.5. The highest BCUT2D eigenvalue weighted by atomic mass is 16.3. The molecule has 1 nitrogen and oxygen atoms in total. The predicted molar refractivity (Wildman–Crippen MR) is 234 cm³/mol. The Kier molecular flexibility index (Phi) is 6.62. The first kappa shape index (κ1) is 31.2. The summed E-state index contributed by atoms with van der Waals surface area (Å²) in [5.74, 6) is 0. The molecule has 0 unspecified atom stereocenters. The van der Waals surface area contributed by atoms with Crippen LogP contribution in [-0.4, -0.2) is 0 Å². The van der Waals surface area contributed by atoms with Gasteiger partial charge in [0.2, 0.25) is 0 Å². The maximum absolute atomic E-state index is 6.54. The van der Waals surface area contributed by atoms with Gasteiger partial charge in [-0.15, -0.1) is 0 Å². The second-order valence-electron chi connectivity index (χ2n) is 15.2. The second-order valence-corrected chi connectivity index (χ2v) is 15.2. The quantitative estimate of drug-likeness (QED) is 0.177. The van der Waals surface area contributed by atoms with Crippen molar-refractivity contribution in [3.05, 3.63) is 229 Å². The van der Waals surface area contributed by atoms with Crippen molar-refractivity contribution in [3.8, 4) is 33.4 Å². The van der Waals surface area contributed by atoms with Crippen molar-refractivity contribution in [1.82, 2.24) is 0 Å². The minimum Gasteiger partial charge on any atom is -0.455 e. The maximum Gasteiger partial charge on any atom is 0.143 e. The Hall–Kier alpha value is -7.22. The summed E-state index contributed by atoms with van der Waals surface area (Å²) in [4.78, 5) is 0. The lowest BCUT2D eigenvalue weighted by atomic mass is 9.66. The van der Waals surface area contributed by atoms with Crippen LogP contribution in [0.5, 0.6) is 0 Å². The monoisotopic (exact) mass is 710 g/mol. The standard InChI is InChI=1S/C55H34O/c1-3-15-42(16-4-1)55(43-17-5-2-6-18-43)50-22-12-11-21-48(50)52-49(33-40-14-8-9-19-44(40)53(52)55)41-26-25-36-31-37(23-24-38(36)32-41)39-28-29-46-47-30-27-35-13-7-10-20-45(35)54(47)56-51(46)34-39/h1-34H. The average Bonchev–Trinajstić information content (AvgIpc) is 3.81. The van der Waals surface area contributed by atoms with Crippen molar-refractivity contribution in [3.63, 3.8) is 0 Å². The molecule has 12 rings (SSSR count). The molecule has 0 aliphatic heterocycles. The van der Waals surface area contributed by atoms with Crippen molar-refractivity contribution in [2.75, 3.05) is 0 Å². The van der Waals surface area contributed by atoms with Gasteiger partial charge in [0.25, 0.3) is 0 Å². The SMILES string of the molecule is c1ccc(C2(c3ccccc3)c3ccccc3-c3c(-c4ccc5cc(-c6ccc7c(c6)oc6c8ccccc8ccc76)ccc5c4)cc4ccccc4c32)cc1. The number of furan rings is 1. The van der Waals surface area contributed by atoms with E-state index in [4.69, 9.17) is 4.42 Å². The molecule has 1 aliphatic carbocycles. The molecule has 10 aromatic carbocycles. The van der Waals surface area contributed by atoms with Gasteiger partial charge in [-0.2, -0.15) is 0 Å². The van der Waals surface area contributed by atoms with E-state index in [1.54, 1.807) is 0 Å². The molecular weight excluding hydrogens is 677 g/mol. The number of fused-ring (bicyclic) bond motifs is 11. The van der Waals surface area contributed by atoms with Crippen LogP contribution in [0.4, 0.5) is 0 Å². The summed E-state index contributed by atoms with van der Waals surface area (Å²) in [6, 6.07) is 75.9. The normalized spacial score (nSPS) is 13.1. The summed E-state index contributed by atoms with van der Waals surface area (Å²) < 4.78 is 6.54. The maximum atomic E-state index is 6.54. The third-order valence-corrected chi connectivity index (χ3v) is 12.3. The third kappa shape index (κ3) is 4.37. The lowest BCUT2D eigenvalue weighted by Gasteiger charge is -2.35. The summed E-state index contributed by atoms with van der Waals surface area (Å²) in [6.45, 7) is 0. The van der Waals surface area contributed by atoms with Crippen LogP contribution in [-0.2, 0) is 5.41 Å². The van der Waals surface area contributed by atoms with Gasteiger partial charge in [-0.3, -0.25) is 0 Å². The Labute approximate surface area is 324 Å². The van der Waals surface area contributed by atoms with E-state index in [1.807, 2.05) is 0 Å². The van der Waals surface area contributed by atoms with Crippen molar-refractivity contribution in [1.29, 1.82) is 0 Å². The van der Waals surface area contributed by atoms with Crippen LogP contribution in [0.1, 0.15) is 22.3 Å². The Morgan fingerprint density at radius 2 is 0.911 bits per heavy atom. The highest BCUT2D eigenvalue weighted by Crippen LogP contribution is 2.60. The number of hydrogen-bond donors (Lipinski definition) is 0. The molecule has 56 heavy (non-hydrogen) atoms. The van der Waals surface area contributed by atoms with Gasteiger partial charge in [0.1, 0.15) is 11.2 Å². The van der Waals surface area contributed by atoms with E-state index in [2.05, 4.69) is 206 Å². The van der Waals surface area contributed by atoms with Crippen molar-refractivity contribution in [2.24, 2.45) is 0 Å². The van der Waals surface area contributed by atoms with Gasteiger partial charge in [0.15, 0.2) is 0 Å². The summed E-state index contributed by atoms with van der Waals surface area (Å²) >= 11 is 0. The second kappa shape index (κ2) is 11.9. The van der Waals surface area contributed by atoms with E-state index in [0.717, 1.165) is 32.9 Å². The molecule has 1 aliphatic rings. The lowest BCUT2D eigenvalue weighted by Crippen LogP contribution is -2.28. The highest BCUT2D eigenvalue weighted by Gasteiger charge is 2.48. The first-order valence-electron chi connectivity index (χ1n) is 19.4. The van der Waals surface area contributed by atoms with E-state index < -0.39 is 5.41 Å². The Bertz CT molecular complexity index is 3310. The zero-order chi connectivity index (χ0) is 36.8. The zero-order valence-corrected chi connectivity index (χ0v) is 30.5. The molecule has 1 heteroatoms. The first-order chi connectivity index (χ1) is 27.8. The molecule has 0 radical (unpaired) electrons. The summed E-state index contributed by atoms with van der Waals surface area (Å²) in [6.07, 6.45) is 0. The van der Waals surface area contributed by atoms with E-state index in [1.165, 1.54) is 77.0 Å². The number of hydrogen-bond acceptors (Lipinski definition) is 1. The molecule has 1 aromatic heterocycles. The van der Waals surface area contributed by atoms with Crippen LogP contribution in [0.2, 0.25) is 0 Å². The largest absolute Gasteiger partial charge is 0.455 e. The van der Waals surface area contributed by atoms with Gasteiger partial charge in [-0.05, 0) is 119 Å². The molecule has 260 valence electrons. The fourth-order valence-electron chi connectivity index (χ4n) is 9.83. The van der Waals surface area contributed by atoms with Crippen molar-refractivity contribution < 1.29 is 4.42 Å². The summed E-state index contributed by atoms with van der Waals surface area (Å²) in [5, 5.41) is 9.60. The van der Waals surface area contributed by atoms with Gasteiger partial charge in [0.05, 0.1) is 5.41 Å². The van der Waals surface area contributed by atoms with E-state index in [9.17, 15) is 0 Å². The van der Waals surface area contributed by atoms with E-state index >= 15 is 0 Å². The van der Waals surface area contributed by atoms with E-state index in [0.29, 0.717) is 0 Å². The van der Waals surface area contributed by atoms with Gasteiger partial charge >= 0.3 is 0 Å². The molecule has 11 aromatic rings. The van der Waals surface area contributed by atoms with Gasteiger partial charge in [0, 0.05) is 16.2 Å². The van der Waals surface area contributed by atoms with Crippen molar-refractivity contribution in [2.45, 2.75) is 5.41 Å².